The van der Waals surface area contributed by atoms with Crippen LogP contribution in [-0.2, 0) is 4.79 Å². The lowest BCUT2D eigenvalue weighted by molar-refractivity contribution is -0.124. The van der Waals surface area contributed by atoms with Gasteiger partial charge in [-0.05, 0) is 44.0 Å². The lowest BCUT2D eigenvalue weighted by Gasteiger charge is -2.25. The minimum atomic E-state index is -0.124. The number of carbonyl (C=O) groups is 1. The number of benzene rings is 1. The molecule has 1 aliphatic heterocycles. The molecule has 0 radical (unpaired) electrons. The summed E-state index contributed by atoms with van der Waals surface area (Å²) in [6.07, 6.45) is 3.14. The van der Waals surface area contributed by atoms with Crippen molar-refractivity contribution in [3.8, 4) is 0 Å². The molecule has 0 aromatic heterocycles. The molecule has 0 aliphatic carbocycles. The van der Waals surface area contributed by atoms with Crippen molar-refractivity contribution in [1.29, 1.82) is 0 Å². The summed E-state index contributed by atoms with van der Waals surface area (Å²) in [6.45, 7) is 2.84. The van der Waals surface area contributed by atoms with Crippen LogP contribution in [0.2, 0.25) is 10.0 Å². The largest absolute Gasteiger partial charge is 0.348 e. The Hall–Kier alpha value is -0.770. The minimum absolute atomic E-state index is 0.0400. The molecule has 104 valence electrons. The number of hydrogen-bond donors (Lipinski definition) is 2. The Labute approximate surface area is 123 Å². The van der Waals surface area contributed by atoms with Crippen molar-refractivity contribution in [3.05, 3.63) is 33.8 Å². The van der Waals surface area contributed by atoms with E-state index in [2.05, 4.69) is 10.6 Å². The molecule has 1 heterocycles. The zero-order valence-electron chi connectivity index (χ0n) is 10.9. The topological polar surface area (TPSA) is 41.1 Å². The van der Waals surface area contributed by atoms with Crippen LogP contribution in [0.3, 0.4) is 0 Å². The van der Waals surface area contributed by atoms with Crippen LogP contribution < -0.4 is 10.6 Å². The molecule has 1 aliphatic rings. The fourth-order valence-corrected chi connectivity index (χ4v) is 2.89. The Morgan fingerprint density at radius 1 is 1.42 bits per heavy atom. The van der Waals surface area contributed by atoms with Crippen molar-refractivity contribution >= 4 is 29.1 Å². The zero-order chi connectivity index (χ0) is 13.8. The predicted molar refractivity (Wildman–Crippen MR) is 78.7 cm³/mol. The molecule has 1 aromatic carbocycles. The summed E-state index contributed by atoms with van der Waals surface area (Å²) in [5.41, 5.74) is 0.884. The first-order valence-electron chi connectivity index (χ1n) is 6.56. The van der Waals surface area contributed by atoms with Crippen molar-refractivity contribution in [3.63, 3.8) is 0 Å². The summed E-state index contributed by atoms with van der Waals surface area (Å²) in [4.78, 5) is 12.1. The molecule has 5 heteroatoms. The van der Waals surface area contributed by atoms with Gasteiger partial charge in [0.25, 0.3) is 0 Å². The molecule has 2 unspecified atom stereocenters. The maximum absolute atomic E-state index is 12.1. The molecular weight excluding hydrogens is 283 g/mol. The van der Waals surface area contributed by atoms with Gasteiger partial charge in [0.2, 0.25) is 5.91 Å². The van der Waals surface area contributed by atoms with Crippen LogP contribution in [0.5, 0.6) is 0 Å². The second-order valence-corrected chi connectivity index (χ2v) is 5.74. The highest BCUT2D eigenvalue weighted by Gasteiger charge is 2.22. The quantitative estimate of drug-likeness (QED) is 0.899. The average molecular weight is 301 g/mol. The second-order valence-electron chi connectivity index (χ2n) is 4.90. The predicted octanol–water partition coefficient (Wildman–Crippen LogP) is 3.31. The third-order valence-corrected chi connectivity index (χ3v) is 3.98. The average Bonchev–Trinajstić information content (AvgIpc) is 2.39. The molecule has 1 fully saturated rings. The van der Waals surface area contributed by atoms with Crippen molar-refractivity contribution in [2.24, 2.45) is 0 Å². The van der Waals surface area contributed by atoms with Crippen LogP contribution in [0.25, 0.3) is 0 Å². The van der Waals surface area contributed by atoms with E-state index in [1.807, 2.05) is 13.0 Å². The number of halogens is 2. The normalized spacial score (nSPS) is 20.9. The molecule has 0 saturated carbocycles. The van der Waals surface area contributed by atoms with Gasteiger partial charge in [-0.15, -0.1) is 0 Å². The van der Waals surface area contributed by atoms with Gasteiger partial charge in [0.15, 0.2) is 0 Å². The van der Waals surface area contributed by atoms with Gasteiger partial charge >= 0.3 is 0 Å². The zero-order valence-corrected chi connectivity index (χ0v) is 12.4. The summed E-state index contributed by atoms with van der Waals surface area (Å²) in [6, 6.07) is 5.12. The SMILES string of the molecule is CC(NC(=O)C1CCCCN1)c1ccc(Cl)cc1Cl. The van der Waals surface area contributed by atoms with Crippen LogP contribution in [0.15, 0.2) is 18.2 Å². The standard InChI is InChI=1S/C14H18Cl2N2O/c1-9(11-6-5-10(15)8-12(11)16)18-14(19)13-4-2-3-7-17-13/h5-6,8-9,13,17H,2-4,7H2,1H3,(H,18,19). The fraction of sp³-hybridized carbons (Fsp3) is 0.500. The molecule has 1 amide bonds. The van der Waals surface area contributed by atoms with Crippen molar-refractivity contribution in [2.45, 2.75) is 38.3 Å². The van der Waals surface area contributed by atoms with E-state index >= 15 is 0 Å². The third-order valence-electron chi connectivity index (χ3n) is 3.41. The van der Waals surface area contributed by atoms with Gasteiger partial charge in [-0.3, -0.25) is 4.79 Å². The maximum atomic E-state index is 12.1. The minimum Gasteiger partial charge on any atom is -0.348 e. The molecule has 0 bridgehead atoms. The number of rotatable bonds is 3. The van der Waals surface area contributed by atoms with Crippen LogP contribution in [0.4, 0.5) is 0 Å². The van der Waals surface area contributed by atoms with Gasteiger partial charge in [-0.2, -0.15) is 0 Å². The molecular formula is C14H18Cl2N2O. The summed E-state index contributed by atoms with van der Waals surface area (Å²) < 4.78 is 0. The lowest BCUT2D eigenvalue weighted by Crippen LogP contribution is -2.47. The van der Waals surface area contributed by atoms with E-state index in [9.17, 15) is 4.79 Å². The van der Waals surface area contributed by atoms with E-state index in [0.29, 0.717) is 10.0 Å². The van der Waals surface area contributed by atoms with Gasteiger partial charge in [-0.1, -0.05) is 35.7 Å². The van der Waals surface area contributed by atoms with Gasteiger partial charge in [0, 0.05) is 10.0 Å². The maximum Gasteiger partial charge on any atom is 0.237 e. The summed E-state index contributed by atoms with van der Waals surface area (Å²) in [7, 11) is 0. The van der Waals surface area contributed by atoms with E-state index in [-0.39, 0.29) is 18.0 Å². The Kier molecular flexibility index (Phi) is 5.08. The molecule has 3 nitrogen and oxygen atoms in total. The van der Waals surface area contributed by atoms with E-state index in [1.54, 1.807) is 12.1 Å². The third kappa shape index (κ3) is 3.85. The van der Waals surface area contributed by atoms with Crippen LogP contribution in [0, 0.1) is 0 Å². The number of nitrogens with one attached hydrogen (secondary N) is 2. The van der Waals surface area contributed by atoms with Crippen molar-refractivity contribution in [2.75, 3.05) is 6.54 Å². The first-order valence-corrected chi connectivity index (χ1v) is 7.32. The highest BCUT2D eigenvalue weighted by molar-refractivity contribution is 6.35. The smallest absolute Gasteiger partial charge is 0.237 e. The summed E-state index contributed by atoms with van der Waals surface area (Å²) >= 11 is 12.0. The van der Waals surface area contributed by atoms with Gasteiger partial charge in [0.05, 0.1) is 12.1 Å². The molecule has 2 rings (SSSR count). The molecule has 1 saturated heterocycles. The first kappa shape index (κ1) is 14.6. The van der Waals surface area contributed by atoms with E-state index in [4.69, 9.17) is 23.2 Å². The Bertz CT molecular complexity index is 459. The Balaban J connectivity index is 1.99. The highest BCUT2D eigenvalue weighted by atomic mass is 35.5. The van der Waals surface area contributed by atoms with E-state index in [0.717, 1.165) is 31.4 Å². The number of amides is 1. The monoisotopic (exact) mass is 300 g/mol. The Morgan fingerprint density at radius 3 is 2.84 bits per heavy atom. The number of hydrogen-bond acceptors (Lipinski definition) is 2. The van der Waals surface area contributed by atoms with E-state index < -0.39 is 0 Å². The van der Waals surface area contributed by atoms with Gasteiger partial charge in [-0.25, -0.2) is 0 Å². The molecule has 2 atom stereocenters. The van der Waals surface area contributed by atoms with Gasteiger partial charge in [0.1, 0.15) is 0 Å². The van der Waals surface area contributed by atoms with Crippen LogP contribution >= 0.6 is 23.2 Å². The van der Waals surface area contributed by atoms with Crippen LogP contribution in [0.1, 0.15) is 37.8 Å². The van der Waals surface area contributed by atoms with Crippen molar-refractivity contribution < 1.29 is 4.79 Å². The van der Waals surface area contributed by atoms with Crippen LogP contribution in [-0.4, -0.2) is 18.5 Å². The second kappa shape index (κ2) is 6.60. The summed E-state index contributed by atoms with van der Waals surface area (Å²) in [5, 5.41) is 7.41. The Morgan fingerprint density at radius 2 is 2.21 bits per heavy atom. The number of carbonyl (C=O) groups excluding carboxylic acids is 1. The molecule has 0 spiro atoms. The molecule has 19 heavy (non-hydrogen) atoms. The number of piperidine rings is 1. The highest BCUT2D eigenvalue weighted by Crippen LogP contribution is 2.26. The molecule has 1 aromatic rings. The van der Waals surface area contributed by atoms with Gasteiger partial charge < -0.3 is 10.6 Å². The molecule has 2 N–H and O–H groups in total. The van der Waals surface area contributed by atoms with Crippen molar-refractivity contribution in [1.82, 2.24) is 10.6 Å². The summed E-state index contributed by atoms with van der Waals surface area (Å²) in [5.74, 6) is 0.0400. The fourth-order valence-electron chi connectivity index (χ4n) is 2.32. The lowest BCUT2D eigenvalue weighted by atomic mass is 10.0. The first-order chi connectivity index (χ1) is 9.08. The van der Waals surface area contributed by atoms with E-state index in [1.165, 1.54) is 0 Å².